The van der Waals surface area contributed by atoms with Gasteiger partial charge in [0.1, 0.15) is 0 Å². The van der Waals surface area contributed by atoms with Crippen molar-refractivity contribution in [3.05, 3.63) is 0 Å². The molecule has 0 aromatic carbocycles. The summed E-state index contributed by atoms with van der Waals surface area (Å²) in [5, 5.41) is -1.15. The molecule has 1 unspecified atom stereocenters. The summed E-state index contributed by atoms with van der Waals surface area (Å²) in [6.45, 7) is 2.10. The molecule has 0 radical (unpaired) electrons. The Morgan fingerprint density at radius 1 is 1.44 bits per heavy atom. The largest absolute Gasteiger partial charge is 0.468 e. The second-order valence-electron chi connectivity index (χ2n) is 3.95. The molecule has 0 aromatic rings. The number of hydrogen-bond acceptors (Lipinski definition) is 5. The smallest absolute Gasteiger partial charge is 0.325 e. The molecule has 0 spiro atoms. The minimum absolute atomic E-state index is 0.0554. The first-order valence-corrected chi connectivity index (χ1v) is 6.72. The lowest BCUT2D eigenvalue weighted by molar-refractivity contribution is -0.139. The normalized spacial score (nSPS) is 21.7. The first-order valence-electron chi connectivity index (χ1n) is 5.22. The highest BCUT2D eigenvalue weighted by atomic mass is 32.2. The Balaban J connectivity index is 2.74. The molecule has 94 valence electrons. The molecular formula is C9H18N2O4S. The first-order chi connectivity index (χ1) is 7.39. The summed E-state index contributed by atoms with van der Waals surface area (Å²) >= 11 is 0. The molecule has 0 aliphatic carbocycles. The molecule has 7 heteroatoms. The maximum atomic E-state index is 12.0. The van der Waals surface area contributed by atoms with Gasteiger partial charge in [0.2, 0.25) is 10.0 Å². The molecule has 0 aromatic heterocycles. The van der Waals surface area contributed by atoms with Crippen molar-refractivity contribution in [1.29, 1.82) is 0 Å². The molecule has 0 saturated carbocycles. The van der Waals surface area contributed by atoms with Crippen molar-refractivity contribution in [1.82, 2.24) is 4.31 Å². The molecule has 1 rings (SSSR count). The fourth-order valence-corrected chi connectivity index (χ4v) is 3.15. The minimum atomic E-state index is -3.59. The Kier molecular flexibility index (Phi) is 4.28. The van der Waals surface area contributed by atoms with Crippen LogP contribution in [0.2, 0.25) is 0 Å². The average Bonchev–Trinajstić information content (AvgIpc) is 2.27. The van der Waals surface area contributed by atoms with Crippen molar-refractivity contribution < 1.29 is 17.9 Å². The van der Waals surface area contributed by atoms with Crippen LogP contribution in [0.3, 0.4) is 0 Å². The predicted molar refractivity (Wildman–Crippen MR) is 59.2 cm³/mol. The van der Waals surface area contributed by atoms with E-state index in [1.807, 2.05) is 0 Å². The Hall–Kier alpha value is -0.660. The summed E-state index contributed by atoms with van der Waals surface area (Å²) < 4.78 is 29.7. The molecule has 2 N–H and O–H groups in total. The van der Waals surface area contributed by atoms with E-state index >= 15 is 0 Å². The summed E-state index contributed by atoms with van der Waals surface area (Å²) in [6.07, 6.45) is 1.26. The molecule has 0 amide bonds. The molecule has 0 bridgehead atoms. The number of nitrogens with two attached hydrogens (primary N) is 1. The van der Waals surface area contributed by atoms with E-state index in [9.17, 15) is 13.2 Å². The average molecular weight is 250 g/mol. The van der Waals surface area contributed by atoms with Gasteiger partial charge in [0.05, 0.1) is 7.11 Å². The lowest BCUT2D eigenvalue weighted by Gasteiger charge is -2.30. The molecule has 1 aliphatic rings. The van der Waals surface area contributed by atoms with Crippen LogP contribution in [0, 0.1) is 0 Å². The quantitative estimate of drug-likeness (QED) is 0.669. The summed E-state index contributed by atoms with van der Waals surface area (Å²) in [5.74, 6) is -0.727. The van der Waals surface area contributed by atoms with Gasteiger partial charge in [-0.3, -0.25) is 4.79 Å². The van der Waals surface area contributed by atoms with Crippen LogP contribution in [0.1, 0.15) is 19.8 Å². The van der Waals surface area contributed by atoms with E-state index in [4.69, 9.17) is 5.73 Å². The van der Waals surface area contributed by atoms with E-state index in [-0.39, 0.29) is 6.04 Å². The summed E-state index contributed by atoms with van der Waals surface area (Å²) in [5.41, 5.74) is 5.69. The van der Waals surface area contributed by atoms with Gasteiger partial charge in [0.25, 0.3) is 0 Å². The number of hydrogen-bond donors (Lipinski definition) is 1. The maximum Gasteiger partial charge on any atom is 0.325 e. The fraction of sp³-hybridized carbons (Fsp3) is 0.889. The SMILES string of the molecule is COC(=O)C(C)S(=O)(=O)N1CCC(N)CC1. The van der Waals surface area contributed by atoms with Gasteiger partial charge in [-0.15, -0.1) is 0 Å². The number of sulfonamides is 1. The highest BCUT2D eigenvalue weighted by Gasteiger charge is 2.36. The van der Waals surface area contributed by atoms with E-state index in [0.717, 1.165) is 0 Å². The van der Waals surface area contributed by atoms with Crippen molar-refractivity contribution >= 4 is 16.0 Å². The van der Waals surface area contributed by atoms with Crippen LogP contribution in [0.25, 0.3) is 0 Å². The standard InChI is InChI=1S/C9H18N2O4S/c1-7(9(12)15-2)16(13,14)11-5-3-8(10)4-6-11/h7-8H,3-6,10H2,1-2H3. The minimum Gasteiger partial charge on any atom is -0.468 e. The van der Waals surface area contributed by atoms with Crippen molar-refractivity contribution in [2.45, 2.75) is 31.1 Å². The second kappa shape index (κ2) is 5.11. The molecule has 6 nitrogen and oxygen atoms in total. The van der Waals surface area contributed by atoms with E-state index in [1.54, 1.807) is 0 Å². The number of methoxy groups -OCH3 is 1. The van der Waals surface area contributed by atoms with E-state index in [1.165, 1.54) is 18.3 Å². The highest BCUT2D eigenvalue weighted by molar-refractivity contribution is 7.90. The number of esters is 1. The van der Waals surface area contributed by atoms with E-state index < -0.39 is 21.2 Å². The van der Waals surface area contributed by atoms with Crippen LogP contribution < -0.4 is 5.73 Å². The predicted octanol–water partition coefficient (Wildman–Crippen LogP) is -0.699. The molecule has 1 aliphatic heterocycles. The molecule has 1 heterocycles. The first kappa shape index (κ1) is 13.4. The third kappa shape index (κ3) is 2.72. The maximum absolute atomic E-state index is 12.0. The lowest BCUT2D eigenvalue weighted by atomic mass is 10.1. The Bertz CT molecular complexity index is 347. The van der Waals surface area contributed by atoms with Crippen molar-refractivity contribution in [2.75, 3.05) is 20.2 Å². The molecule has 1 fully saturated rings. The lowest BCUT2D eigenvalue weighted by Crippen LogP contribution is -2.47. The Morgan fingerprint density at radius 2 is 1.94 bits per heavy atom. The van der Waals surface area contributed by atoms with Crippen molar-refractivity contribution in [2.24, 2.45) is 5.73 Å². The van der Waals surface area contributed by atoms with Crippen LogP contribution in [0.4, 0.5) is 0 Å². The third-order valence-corrected chi connectivity index (χ3v) is 5.01. The van der Waals surface area contributed by atoms with Crippen LogP contribution >= 0.6 is 0 Å². The topological polar surface area (TPSA) is 89.7 Å². The molecule has 1 atom stereocenters. The summed E-state index contributed by atoms with van der Waals surface area (Å²) in [7, 11) is -2.41. The number of carbonyl (C=O) groups is 1. The Morgan fingerprint density at radius 3 is 2.38 bits per heavy atom. The van der Waals surface area contributed by atoms with Crippen LogP contribution in [-0.4, -0.2) is 50.2 Å². The number of carbonyl (C=O) groups excluding carboxylic acids is 1. The third-order valence-electron chi connectivity index (χ3n) is 2.84. The number of rotatable bonds is 3. The monoisotopic (exact) mass is 250 g/mol. The fourth-order valence-electron chi connectivity index (χ4n) is 1.64. The molecule has 1 saturated heterocycles. The number of ether oxygens (including phenoxy) is 1. The Labute approximate surface area is 95.8 Å². The van der Waals surface area contributed by atoms with Crippen LogP contribution in [0.15, 0.2) is 0 Å². The zero-order valence-electron chi connectivity index (χ0n) is 9.55. The molecular weight excluding hydrogens is 232 g/mol. The van der Waals surface area contributed by atoms with Gasteiger partial charge in [-0.1, -0.05) is 0 Å². The van der Waals surface area contributed by atoms with Gasteiger partial charge in [-0.2, -0.15) is 0 Å². The van der Waals surface area contributed by atoms with Crippen molar-refractivity contribution in [3.8, 4) is 0 Å². The van der Waals surface area contributed by atoms with Crippen molar-refractivity contribution in [3.63, 3.8) is 0 Å². The summed E-state index contributed by atoms with van der Waals surface area (Å²) in [4.78, 5) is 11.2. The highest BCUT2D eigenvalue weighted by Crippen LogP contribution is 2.16. The second-order valence-corrected chi connectivity index (χ2v) is 6.20. The number of piperidine rings is 1. The van der Waals surface area contributed by atoms with Gasteiger partial charge in [-0.25, -0.2) is 12.7 Å². The molecule has 16 heavy (non-hydrogen) atoms. The zero-order valence-corrected chi connectivity index (χ0v) is 10.4. The van der Waals surface area contributed by atoms with Gasteiger partial charge in [0, 0.05) is 19.1 Å². The summed E-state index contributed by atoms with van der Waals surface area (Å²) in [6, 6.07) is 0.0554. The van der Waals surface area contributed by atoms with Gasteiger partial charge < -0.3 is 10.5 Å². The van der Waals surface area contributed by atoms with Gasteiger partial charge in [0.15, 0.2) is 5.25 Å². The van der Waals surface area contributed by atoms with Gasteiger partial charge >= 0.3 is 5.97 Å². The number of nitrogens with zero attached hydrogens (tertiary/aromatic N) is 1. The van der Waals surface area contributed by atoms with E-state index in [0.29, 0.717) is 25.9 Å². The van der Waals surface area contributed by atoms with Crippen LogP contribution in [-0.2, 0) is 19.6 Å². The van der Waals surface area contributed by atoms with Crippen LogP contribution in [0.5, 0.6) is 0 Å². The zero-order chi connectivity index (χ0) is 12.3. The van der Waals surface area contributed by atoms with E-state index in [2.05, 4.69) is 4.74 Å². The van der Waals surface area contributed by atoms with Gasteiger partial charge in [-0.05, 0) is 19.8 Å².